The molecule has 1 aromatic heterocycles. The van der Waals surface area contributed by atoms with Gasteiger partial charge in [-0.3, -0.25) is 4.68 Å². The predicted octanol–water partition coefficient (Wildman–Crippen LogP) is 8.66. The first-order chi connectivity index (χ1) is 15.1. The van der Waals surface area contributed by atoms with Crippen molar-refractivity contribution in [3.8, 4) is 11.1 Å². The van der Waals surface area contributed by atoms with Crippen molar-refractivity contribution in [1.29, 1.82) is 0 Å². The monoisotopic (exact) mass is 476 g/mol. The highest BCUT2D eigenvalue weighted by Gasteiger charge is 2.31. The van der Waals surface area contributed by atoms with Gasteiger partial charge in [-0.25, -0.2) is 0 Å². The van der Waals surface area contributed by atoms with Crippen LogP contribution in [0, 0.1) is 5.92 Å². The Hall–Kier alpha value is -2.50. The van der Waals surface area contributed by atoms with Crippen LogP contribution in [0.3, 0.4) is 0 Å². The molecule has 0 bridgehead atoms. The minimum atomic E-state index is -4.46. The summed E-state index contributed by atoms with van der Waals surface area (Å²) in [5, 5.41) is 5.89. The van der Waals surface area contributed by atoms with E-state index in [2.05, 4.69) is 26.0 Å². The Balaban J connectivity index is 1.79. The van der Waals surface area contributed by atoms with Gasteiger partial charge in [-0.1, -0.05) is 79.5 Å². The van der Waals surface area contributed by atoms with Crippen LogP contribution in [0.5, 0.6) is 0 Å². The molecule has 7 heteroatoms. The van der Waals surface area contributed by atoms with Crippen LogP contribution in [0.15, 0.2) is 66.9 Å². The van der Waals surface area contributed by atoms with E-state index in [0.29, 0.717) is 27.6 Å². The molecule has 4 aromatic rings. The molecule has 1 atom stereocenters. The summed E-state index contributed by atoms with van der Waals surface area (Å²) < 4.78 is 40.9. The summed E-state index contributed by atoms with van der Waals surface area (Å²) >= 11 is 12.9. The molecule has 0 amide bonds. The van der Waals surface area contributed by atoms with Crippen molar-refractivity contribution < 1.29 is 13.2 Å². The van der Waals surface area contributed by atoms with E-state index in [1.807, 2.05) is 35.1 Å². The molecule has 0 spiro atoms. The molecule has 0 saturated heterocycles. The van der Waals surface area contributed by atoms with Gasteiger partial charge in [-0.2, -0.15) is 18.3 Å². The Labute approximate surface area is 194 Å². The maximum atomic E-state index is 13.0. The smallest absolute Gasteiger partial charge is 0.264 e. The first kappa shape index (κ1) is 22.7. The van der Waals surface area contributed by atoms with Gasteiger partial charge in [0.1, 0.15) is 0 Å². The summed E-state index contributed by atoms with van der Waals surface area (Å²) in [7, 11) is 0. The van der Waals surface area contributed by atoms with Crippen LogP contribution in [0.2, 0.25) is 10.0 Å². The summed E-state index contributed by atoms with van der Waals surface area (Å²) in [6, 6.07) is 17.0. The zero-order chi connectivity index (χ0) is 23.0. The number of rotatable bonds is 5. The Kier molecular flexibility index (Phi) is 6.24. The molecule has 0 fully saturated rings. The molecule has 0 radical (unpaired) electrons. The number of fused-ring (bicyclic) bond motifs is 1. The van der Waals surface area contributed by atoms with E-state index >= 15 is 0 Å². The van der Waals surface area contributed by atoms with E-state index in [9.17, 15) is 13.2 Å². The molecule has 0 N–H and O–H groups in total. The molecule has 3 aromatic carbocycles. The van der Waals surface area contributed by atoms with Crippen molar-refractivity contribution in [3.05, 3.63) is 88.0 Å². The van der Waals surface area contributed by atoms with Crippen molar-refractivity contribution in [2.24, 2.45) is 5.92 Å². The summed E-state index contributed by atoms with van der Waals surface area (Å²) in [4.78, 5) is 0. The Morgan fingerprint density at radius 3 is 2.25 bits per heavy atom. The lowest BCUT2D eigenvalue weighted by atomic mass is 9.97. The zero-order valence-electron chi connectivity index (χ0n) is 17.5. The van der Waals surface area contributed by atoms with Crippen LogP contribution in [0.1, 0.15) is 37.4 Å². The highest BCUT2D eigenvalue weighted by molar-refractivity contribution is 6.39. The van der Waals surface area contributed by atoms with E-state index in [4.69, 9.17) is 28.3 Å². The van der Waals surface area contributed by atoms with Gasteiger partial charge in [0.2, 0.25) is 0 Å². The molecule has 2 nitrogen and oxygen atoms in total. The van der Waals surface area contributed by atoms with Crippen molar-refractivity contribution in [3.63, 3.8) is 0 Å². The van der Waals surface area contributed by atoms with Crippen LogP contribution >= 0.6 is 23.2 Å². The maximum absolute atomic E-state index is 13.0. The van der Waals surface area contributed by atoms with Crippen LogP contribution in [0.4, 0.5) is 13.2 Å². The van der Waals surface area contributed by atoms with Crippen LogP contribution in [-0.2, 0) is 6.18 Å². The number of hydrogen-bond donors (Lipinski definition) is 0. The van der Waals surface area contributed by atoms with Gasteiger partial charge in [0.15, 0.2) is 0 Å². The first-order valence-electron chi connectivity index (χ1n) is 10.2. The van der Waals surface area contributed by atoms with Gasteiger partial charge >= 0.3 is 6.18 Å². The highest BCUT2D eigenvalue weighted by atomic mass is 35.5. The van der Waals surface area contributed by atoms with Gasteiger partial charge in [-0.15, -0.1) is 0 Å². The average Bonchev–Trinajstić information content (AvgIpc) is 3.17. The molecule has 0 aliphatic heterocycles. The first-order valence-corrected chi connectivity index (χ1v) is 11.0. The van der Waals surface area contributed by atoms with Gasteiger partial charge in [-0.05, 0) is 36.1 Å². The summed E-state index contributed by atoms with van der Waals surface area (Å²) in [5.74, 6) is 0.449. The van der Waals surface area contributed by atoms with Crippen LogP contribution < -0.4 is 0 Å². The average molecular weight is 477 g/mol. The second-order valence-electron chi connectivity index (χ2n) is 8.22. The molecular weight excluding hydrogens is 456 g/mol. The van der Waals surface area contributed by atoms with Gasteiger partial charge in [0.25, 0.3) is 0 Å². The SMILES string of the molecule is CC(C)CC(c1ccccc1)n1cc2c(Cl)c(-c3ccc(C(F)(F)F)cc3Cl)ccc2n1. The van der Waals surface area contributed by atoms with E-state index in [1.165, 1.54) is 6.07 Å². The fourth-order valence-corrected chi connectivity index (χ4v) is 4.47. The second kappa shape index (κ2) is 8.80. The fourth-order valence-electron chi connectivity index (χ4n) is 3.87. The second-order valence-corrected chi connectivity index (χ2v) is 9.00. The topological polar surface area (TPSA) is 17.8 Å². The number of benzene rings is 3. The lowest BCUT2D eigenvalue weighted by molar-refractivity contribution is -0.137. The van der Waals surface area contributed by atoms with E-state index in [0.717, 1.165) is 29.5 Å². The van der Waals surface area contributed by atoms with Crippen LogP contribution in [-0.4, -0.2) is 9.78 Å². The minimum Gasteiger partial charge on any atom is -0.264 e. The number of hydrogen-bond acceptors (Lipinski definition) is 1. The molecule has 4 rings (SSSR count). The van der Waals surface area contributed by atoms with E-state index in [1.54, 1.807) is 6.07 Å². The third-order valence-corrected chi connectivity index (χ3v) is 6.15. The molecule has 0 saturated carbocycles. The van der Waals surface area contributed by atoms with Crippen molar-refractivity contribution in [2.75, 3.05) is 0 Å². The molecule has 0 aliphatic carbocycles. The number of nitrogens with zero attached hydrogens (tertiary/aromatic N) is 2. The number of halogens is 5. The zero-order valence-corrected chi connectivity index (χ0v) is 19.0. The Morgan fingerprint density at radius 1 is 0.938 bits per heavy atom. The Bertz CT molecular complexity index is 1250. The molecule has 166 valence electrons. The standard InChI is InChI=1S/C25H21Cl2F3N2/c1-15(2)12-23(16-6-4-3-5-7-16)32-14-20-22(31-32)11-10-19(24(20)27)18-9-8-17(13-21(18)26)25(28,29)30/h3-11,13-15,23H,12H2,1-2H3. The predicted molar refractivity (Wildman–Crippen MR) is 124 cm³/mol. The molecular formula is C25H21Cl2F3N2. The molecule has 0 aliphatic rings. The summed E-state index contributed by atoms with van der Waals surface area (Å²) in [6.45, 7) is 4.33. The van der Waals surface area contributed by atoms with Crippen molar-refractivity contribution in [1.82, 2.24) is 9.78 Å². The van der Waals surface area contributed by atoms with Crippen molar-refractivity contribution >= 4 is 34.1 Å². The van der Waals surface area contributed by atoms with Gasteiger partial charge in [0.05, 0.1) is 22.1 Å². The lowest BCUT2D eigenvalue weighted by Gasteiger charge is -2.20. The summed E-state index contributed by atoms with van der Waals surface area (Å²) in [5.41, 5.74) is 2.08. The van der Waals surface area contributed by atoms with E-state index in [-0.39, 0.29) is 11.1 Å². The molecule has 32 heavy (non-hydrogen) atoms. The van der Waals surface area contributed by atoms with Gasteiger partial charge < -0.3 is 0 Å². The van der Waals surface area contributed by atoms with E-state index < -0.39 is 11.7 Å². The van der Waals surface area contributed by atoms with Crippen LogP contribution in [0.25, 0.3) is 22.0 Å². The number of aromatic nitrogens is 2. The third-order valence-electron chi connectivity index (χ3n) is 5.43. The molecule has 1 unspecified atom stereocenters. The normalized spacial score (nSPS) is 13.1. The lowest BCUT2D eigenvalue weighted by Crippen LogP contribution is -2.13. The van der Waals surface area contributed by atoms with Gasteiger partial charge in [0, 0.05) is 27.7 Å². The third kappa shape index (κ3) is 4.50. The minimum absolute atomic E-state index is 0.00423. The number of alkyl halides is 3. The fraction of sp³-hybridized carbons (Fsp3) is 0.240. The highest BCUT2D eigenvalue weighted by Crippen LogP contribution is 2.40. The molecule has 1 heterocycles. The largest absolute Gasteiger partial charge is 0.416 e. The maximum Gasteiger partial charge on any atom is 0.416 e. The van der Waals surface area contributed by atoms with Crippen molar-refractivity contribution in [2.45, 2.75) is 32.5 Å². The Morgan fingerprint density at radius 2 is 1.62 bits per heavy atom. The summed E-state index contributed by atoms with van der Waals surface area (Å²) in [6.07, 6.45) is -1.66. The quantitative estimate of drug-likeness (QED) is 0.281.